The Kier molecular flexibility index (Phi) is 9.41. The van der Waals surface area contributed by atoms with Crippen molar-refractivity contribution in [2.24, 2.45) is 5.92 Å². The van der Waals surface area contributed by atoms with Gasteiger partial charge in [-0.1, -0.05) is 13.8 Å². The van der Waals surface area contributed by atoms with Crippen molar-refractivity contribution in [2.45, 2.75) is 26.8 Å². The second kappa shape index (κ2) is 12.2. The van der Waals surface area contributed by atoms with Gasteiger partial charge in [-0.2, -0.15) is 0 Å². The van der Waals surface area contributed by atoms with E-state index in [1.54, 1.807) is 50.2 Å². The lowest BCUT2D eigenvalue weighted by Crippen LogP contribution is -2.46. The number of esters is 1. The summed E-state index contributed by atoms with van der Waals surface area (Å²) in [6, 6.07) is 11.7. The standard InChI is InChI=1S/C24H28N2O7/c1-5-32-19-12-8-17(9-13-19)23(29)26-21(15(2)3)24(30)33-14-20(27)25-22(28)16-6-10-18(31-4)11-7-16/h6-13,15,21H,5,14H2,1-4H3,(H,26,29)(H,25,27,28)/t21-/m0/s1. The molecule has 0 aliphatic carbocycles. The number of ether oxygens (including phenoxy) is 3. The molecule has 0 aromatic heterocycles. The van der Waals surface area contributed by atoms with E-state index in [0.717, 1.165) is 0 Å². The molecule has 0 radical (unpaired) electrons. The molecule has 9 nitrogen and oxygen atoms in total. The Labute approximate surface area is 192 Å². The van der Waals surface area contributed by atoms with Crippen LogP contribution in [0, 0.1) is 5.92 Å². The van der Waals surface area contributed by atoms with Gasteiger partial charge in [0.2, 0.25) is 0 Å². The molecule has 2 aromatic carbocycles. The summed E-state index contributed by atoms with van der Waals surface area (Å²) in [5.41, 5.74) is 0.595. The van der Waals surface area contributed by atoms with Crippen LogP contribution in [0.2, 0.25) is 0 Å². The molecular formula is C24H28N2O7. The number of imide groups is 1. The normalized spacial score (nSPS) is 11.3. The summed E-state index contributed by atoms with van der Waals surface area (Å²) < 4.78 is 15.4. The van der Waals surface area contributed by atoms with Crippen LogP contribution in [0.25, 0.3) is 0 Å². The Morgan fingerprint density at radius 2 is 1.39 bits per heavy atom. The van der Waals surface area contributed by atoms with E-state index >= 15 is 0 Å². The molecule has 2 rings (SSSR count). The molecule has 0 unspecified atom stereocenters. The molecule has 1 atom stereocenters. The van der Waals surface area contributed by atoms with Crippen molar-refractivity contribution in [1.29, 1.82) is 0 Å². The fourth-order valence-electron chi connectivity index (χ4n) is 2.80. The number of hydrogen-bond donors (Lipinski definition) is 2. The molecule has 0 spiro atoms. The van der Waals surface area contributed by atoms with Crippen molar-refractivity contribution >= 4 is 23.7 Å². The zero-order valence-corrected chi connectivity index (χ0v) is 19.0. The van der Waals surface area contributed by atoms with Crippen LogP contribution < -0.4 is 20.1 Å². The molecule has 0 aliphatic rings. The largest absolute Gasteiger partial charge is 0.497 e. The summed E-state index contributed by atoms with van der Waals surface area (Å²) in [6.45, 7) is 5.17. The lowest BCUT2D eigenvalue weighted by atomic mass is 10.0. The predicted octanol–water partition coefficient (Wildman–Crippen LogP) is 2.35. The smallest absolute Gasteiger partial charge is 0.329 e. The minimum Gasteiger partial charge on any atom is -0.497 e. The van der Waals surface area contributed by atoms with Crippen molar-refractivity contribution in [3.8, 4) is 11.5 Å². The molecule has 3 amide bonds. The van der Waals surface area contributed by atoms with Gasteiger partial charge in [-0.05, 0) is 61.4 Å². The molecule has 0 saturated carbocycles. The van der Waals surface area contributed by atoms with Crippen molar-refractivity contribution in [1.82, 2.24) is 10.6 Å². The summed E-state index contributed by atoms with van der Waals surface area (Å²) >= 11 is 0. The van der Waals surface area contributed by atoms with Gasteiger partial charge in [0.15, 0.2) is 6.61 Å². The minimum atomic E-state index is -0.978. The molecule has 9 heteroatoms. The monoisotopic (exact) mass is 456 g/mol. The average Bonchev–Trinajstić information content (AvgIpc) is 2.81. The summed E-state index contributed by atoms with van der Waals surface area (Å²) in [5.74, 6) is -1.77. The average molecular weight is 456 g/mol. The van der Waals surface area contributed by atoms with Crippen molar-refractivity contribution in [2.75, 3.05) is 20.3 Å². The molecular weight excluding hydrogens is 428 g/mol. The number of carbonyl (C=O) groups excluding carboxylic acids is 4. The topological polar surface area (TPSA) is 120 Å². The van der Waals surface area contributed by atoms with Crippen LogP contribution in [0.5, 0.6) is 11.5 Å². The van der Waals surface area contributed by atoms with Gasteiger partial charge in [-0.3, -0.25) is 19.7 Å². The fourth-order valence-corrected chi connectivity index (χ4v) is 2.80. The van der Waals surface area contributed by atoms with Gasteiger partial charge in [-0.25, -0.2) is 4.79 Å². The van der Waals surface area contributed by atoms with E-state index in [4.69, 9.17) is 14.2 Å². The summed E-state index contributed by atoms with van der Waals surface area (Å²) in [7, 11) is 1.50. The second-order valence-corrected chi connectivity index (χ2v) is 7.37. The lowest BCUT2D eigenvalue weighted by Gasteiger charge is -2.20. The summed E-state index contributed by atoms with van der Waals surface area (Å²) in [5, 5.41) is 4.76. The van der Waals surface area contributed by atoms with E-state index in [1.165, 1.54) is 19.2 Å². The summed E-state index contributed by atoms with van der Waals surface area (Å²) in [4.78, 5) is 49.2. The Morgan fingerprint density at radius 1 is 0.848 bits per heavy atom. The number of rotatable bonds is 10. The molecule has 33 heavy (non-hydrogen) atoms. The third-order valence-electron chi connectivity index (χ3n) is 4.59. The van der Waals surface area contributed by atoms with E-state index < -0.39 is 36.3 Å². The molecule has 2 aromatic rings. The third kappa shape index (κ3) is 7.64. The Bertz CT molecular complexity index is 969. The Morgan fingerprint density at radius 3 is 1.91 bits per heavy atom. The highest BCUT2D eigenvalue weighted by Gasteiger charge is 2.27. The van der Waals surface area contributed by atoms with Crippen LogP contribution in [0.15, 0.2) is 48.5 Å². The first-order valence-corrected chi connectivity index (χ1v) is 10.4. The lowest BCUT2D eigenvalue weighted by molar-refractivity contribution is -0.151. The number of hydrogen-bond acceptors (Lipinski definition) is 7. The zero-order chi connectivity index (χ0) is 24.4. The molecule has 0 bridgehead atoms. The molecule has 2 N–H and O–H groups in total. The number of nitrogens with one attached hydrogen (secondary N) is 2. The number of amides is 3. The zero-order valence-electron chi connectivity index (χ0n) is 19.0. The first kappa shape index (κ1) is 25.4. The quantitative estimate of drug-likeness (QED) is 0.527. The van der Waals surface area contributed by atoms with Crippen molar-refractivity contribution < 1.29 is 33.4 Å². The van der Waals surface area contributed by atoms with Crippen molar-refractivity contribution in [3.63, 3.8) is 0 Å². The first-order valence-electron chi connectivity index (χ1n) is 10.4. The molecule has 0 aliphatic heterocycles. The van der Waals surface area contributed by atoms with Crippen LogP contribution in [-0.2, 0) is 14.3 Å². The second-order valence-electron chi connectivity index (χ2n) is 7.37. The van der Waals surface area contributed by atoms with Gasteiger partial charge in [-0.15, -0.1) is 0 Å². The van der Waals surface area contributed by atoms with Gasteiger partial charge in [0.1, 0.15) is 17.5 Å². The van der Waals surface area contributed by atoms with Crippen molar-refractivity contribution in [3.05, 3.63) is 59.7 Å². The van der Waals surface area contributed by atoms with Crippen LogP contribution in [0.3, 0.4) is 0 Å². The van der Waals surface area contributed by atoms with Gasteiger partial charge >= 0.3 is 5.97 Å². The van der Waals surface area contributed by atoms with Gasteiger partial charge < -0.3 is 19.5 Å². The maximum Gasteiger partial charge on any atom is 0.329 e. The van der Waals surface area contributed by atoms with Gasteiger partial charge in [0, 0.05) is 11.1 Å². The predicted molar refractivity (Wildman–Crippen MR) is 120 cm³/mol. The van der Waals surface area contributed by atoms with Gasteiger partial charge in [0.25, 0.3) is 17.7 Å². The van der Waals surface area contributed by atoms with E-state index in [9.17, 15) is 19.2 Å². The van der Waals surface area contributed by atoms with Crippen LogP contribution in [0.4, 0.5) is 0 Å². The Balaban J connectivity index is 1.90. The van der Waals surface area contributed by atoms with E-state index in [2.05, 4.69) is 10.6 Å². The summed E-state index contributed by atoms with van der Waals surface area (Å²) in [6.07, 6.45) is 0. The third-order valence-corrected chi connectivity index (χ3v) is 4.59. The van der Waals surface area contributed by atoms with E-state index in [0.29, 0.717) is 23.7 Å². The first-order chi connectivity index (χ1) is 15.7. The van der Waals surface area contributed by atoms with Crippen LogP contribution in [0.1, 0.15) is 41.5 Å². The highest BCUT2D eigenvalue weighted by atomic mass is 16.5. The van der Waals surface area contributed by atoms with Crippen LogP contribution in [-0.4, -0.2) is 50.1 Å². The highest BCUT2D eigenvalue weighted by Crippen LogP contribution is 2.13. The molecule has 0 saturated heterocycles. The molecule has 176 valence electrons. The SMILES string of the molecule is CCOc1ccc(C(=O)N[C@H](C(=O)OCC(=O)NC(=O)c2ccc(OC)cc2)C(C)C)cc1. The molecule has 0 fully saturated rings. The Hall–Kier alpha value is -3.88. The number of carbonyl (C=O) groups is 4. The minimum absolute atomic E-state index is 0.248. The number of methoxy groups -OCH3 is 1. The highest BCUT2D eigenvalue weighted by molar-refractivity contribution is 6.05. The maximum atomic E-state index is 12.5. The maximum absolute atomic E-state index is 12.5. The van der Waals surface area contributed by atoms with E-state index in [-0.39, 0.29) is 11.5 Å². The number of benzene rings is 2. The fraction of sp³-hybridized carbons (Fsp3) is 0.333. The van der Waals surface area contributed by atoms with Crippen LogP contribution >= 0.6 is 0 Å². The van der Waals surface area contributed by atoms with Gasteiger partial charge in [0.05, 0.1) is 13.7 Å². The van der Waals surface area contributed by atoms with E-state index in [1.807, 2.05) is 6.92 Å². The molecule has 0 heterocycles.